The third-order valence-electron chi connectivity index (χ3n) is 6.96. The van der Waals surface area contributed by atoms with Crippen molar-refractivity contribution in [1.82, 2.24) is 20.2 Å². The Balaban J connectivity index is 1.51. The summed E-state index contributed by atoms with van der Waals surface area (Å²) in [5.41, 5.74) is 1.43. The maximum absolute atomic E-state index is 12.6. The molecule has 0 radical (unpaired) electrons. The third kappa shape index (κ3) is 2.69. The minimum absolute atomic E-state index is 0.0107. The molecular formula is C20H27N5O3. The first-order valence-corrected chi connectivity index (χ1v) is 10.4. The van der Waals surface area contributed by atoms with Gasteiger partial charge >= 0.3 is 0 Å². The van der Waals surface area contributed by atoms with Crippen LogP contribution in [-0.4, -0.2) is 70.1 Å². The first-order chi connectivity index (χ1) is 13.6. The summed E-state index contributed by atoms with van der Waals surface area (Å²) in [5.74, 6) is 2.17. The summed E-state index contributed by atoms with van der Waals surface area (Å²) in [5, 5.41) is 13.0. The fourth-order valence-corrected chi connectivity index (χ4v) is 5.83. The third-order valence-corrected chi connectivity index (χ3v) is 6.96. The zero-order valence-electron chi connectivity index (χ0n) is 16.2. The predicted molar refractivity (Wildman–Crippen MR) is 102 cm³/mol. The fourth-order valence-electron chi connectivity index (χ4n) is 5.83. The van der Waals surface area contributed by atoms with Crippen molar-refractivity contribution in [2.45, 2.75) is 51.1 Å². The van der Waals surface area contributed by atoms with Gasteiger partial charge in [-0.1, -0.05) is 0 Å². The second-order valence-corrected chi connectivity index (χ2v) is 8.60. The molecule has 1 aromatic rings. The van der Waals surface area contributed by atoms with Gasteiger partial charge in [0.25, 0.3) is 5.91 Å². The Hall–Kier alpha value is -2.22. The van der Waals surface area contributed by atoms with Crippen molar-refractivity contribution in [2.24, 2.45) is 11.8 Å². The number of anilines is 1. The minimum Gasteiger partial charge on any atom is -0.394 e. The summed E-state index contributed by atoms with van der Waals surface area (Å²) in [6, 6.07) is 0.0958. The predicted octanol–water partition coefficient (Wildman–Crippen LogP) is 0.269. The van der Waals surface area contributed by atoms with E-state index in [-0.39, 0.29) is 36.4 Å². The van der Waals surface area contributed by atoms with Gasteiger partial charge in [0.2, 0.25) is 5.91 Å². The summed E-state index contributed by atoms with van der Waals surface area (Å²) in [6.07, 6.45) is 4.32. The van der Waals surface area contributed by atoms with E-state index in [1.807, 2.05) is 11.8 Å². The molecule has 8 heteroatoms. The Morgan fingerprint density at radius 3 is 2.82 bits per heavy atom. The van der Waals surface area contributed by atoms with E-state index in [0.717, 1.165) is 50.2 Å². The van der Waals surface area contributed by atoms with Crippen LogP contribution >= 0.6 is 0 Å². The van der Waals surface area contributed by atoms with Crippen LogP contribution in [0.25, 0.3) is 0 Å². The van der Waals surface area contributed by atoms with Crippen molar-refractivity contribution < 1.29 is 14.7 Å². The van der Waals surface area contributed by atoms with E-state index >= 15 is 0 Å². The number of carbonyl (C=O) groups is 2. The zero-order valence-corrected chi connectivity index (χ0v) is 16.2. The average molecular weight is 385 g/mol. The molecule has 5 rings (SSSR count). The summed E-state index contributed by atoms with van der Waals surface area (Å²) in [6.45, 7) is 4.04. The first-order valence-electron chi connectivity index (χ1n) is 10.4. The topological polar surface area (TPSA) is 98.7 Å². The maximum Gasteiger partial charge on any atom is 0.270 e. The van der Waals surface area contributed by atoms with Crippen LogP contribution in [0.1, 0.15) is 47.6 Å². The monoisotopic (exact) mass is 385 g/mol. The SMILES string of the molecule is Cc1nc2c(c(N3C[C@@H]4C[C@@H](C3)[C@@H]3CCCC(=O)N3[C@H]4CO)n1)CCNC2=O. The highest BCUT2D eigenvalue weighted by molar-refractivity contribution is 5.96. The molecule has 4 aliphatic rings. The number of hydrogen-bond donors (Lipinski definition) is 2. The molecule has 8 nitrogen and oxygen atoms in total. The van der Waals surface area contributed by atoms with Gasteiger partial charge in [-0.05, 0) is 44.4 Å². The van der Waals surface area contributed by atoms with Crippen molar-refractivity contribution in [2.75, 3.05) is 31.1 Å². The van der Waals surface area contributed by atoms with Gasteiger partial charge < -0.3 is 20.2 Å². The first kappa shape index (κ1) is 17.8. The van der Waals surface area contributed by atoms with Crippen molar-refractivity contribution >= 4 is 17.6 Å². The number of piperidine rings is 3. The van der Waals surface area contributed by atoms with Gasteiger partial charge in [0.05, 0.1) is 12.6 Å². The Labute approximate surface area is 164 Å². The largest absolute Gasteiger partial charge is 0.394 e. The maximum atomic E-state index is 12.6. The number of aryl methyl sites for hydroxylation is 1. The van der Waals surface area contributed by atoms with E-state index in [9.17, 15) is 14.7 Å². The number of aliphatic hydroxyl groups excluding tert-OH is 1. The summed E-state index contributed by atoms with van der Waals surface area (Å²) in [4.78, 5) is 38.3. The smallest absolute Gasteiger partial charge is 0.270 e. The van der Waals surface area contributed by atoms with Crippen molar-refractivity contribution in [1.29, 1.82) is 0 Å². The molecule has 2 amide bonds. The average Bonchev–Trinajstić information content (AvgIpc) is 2.69. The lowest BCUT2D eigenvalue weighted by Crippen LogP contribution is -2.66. The number of nitrogens with one attached hydrogen (secondary N) is 1. The molecular weight excluding hydrogens is 358 g/mol. The highest BCUT2D eigenvalue weighted by Gasteiger charge is 2.49. The highest BCUT2D eigenvalue weighted by atomic mass is 16.3. The van der Waals surface area contributed by atoms with Crippen molar-refractivity contribution in [3.8, 4) is 0 Å². The molecule has 0 aliphatic carbocycles. The standard InChI is InChI=1S/C20H27N5O3/c1-11-22-18-14(5-6-21-20(18)28)19(23-11)24-8-12-7-13(9-24)16(10-26)25-15(12)3-2-4-17(25)27/h12-13,15-16,26H,2-10H2,1H3,(H,21,28)/t12-,13-,15-,16-/m0/s1. The number of aromatic nitrogens is 2. The summed E-state index contributed by atoms with van der Waals surface area (Å²) in [7, 11) is 0. The number of hydrogen-bond acceptors (Lipinski definition) is 6. The van der Waals surface area contributed by atoms with Crippen LogP contribution in [0.3, 0.4) is 0 Å². The summed E-state index contributed by atoms with van der Waals surface area (Å²) < 4.78 is 0. The molecule has 0 unspecified atom stereocenters. The van der Waals surface area contributed by atoms with Crippen LogP contribution in [0.4, 0.5) is 5.82 Å². The molecule has 2 bridgehead atoms. The lowest BCUT2D eigenvalue weighted by atomic mass is 9.72. The van der Waals surface area contributed by atoms with Crippen LogP contribution in [0.2, 0.25) is 0 Å². The Morgan fingerprint density at radius 2 is 2.00 bits per heavy atom. The lowest BCUT2D eigenvalue weighted by molar-refractivity contribution is -0.150. The fraction of sp³-hybridized carbons (Fsp3) is 0.700. The Kier molecular flexibility index (Phi) is 4.26. The lowest BCUT2D eigenvalue weighted by Gasteiger charge is -2.56. The van der Waals surface area contributed by atoms with Crippen LogP contribution < -0.4 is 10.2 Å². The van der Waals surface area contributed by atoms with Crippen LogP contribution in [0, 0.1) is 18.8 Å². The molecule has 3 fully saturated rings. The van der Waals surface area contributed by atoms with Gasteiger partial charge in [0.15, 0.2) is 0 Å². The van der Waals surface area contributed by atoms with E-state index in [1.165, 1.54) is 0 Å². The molecule has 3 saturated heterocycles. The van der Waals surface area contributed by atoms with E-state index in [2.05, 4.69) is 15.2 Å². The molecule has 0 spiro atoms. The normalized spacial score (nSPS) is 31.9. The molecule has 28 heavy (non-hydrogen) atoms. The van der Waals surface area contributed by atoms with E-state index in [4.69, 9.17) is 4.98 Å². The van der Waals surface area contributed by atoms with E-state index in [0.29, 0.717) is 30.4 Å². The summed E-state index contributed by atoms with van der Waals surface area (Å²) >= 11 is 0. The second kappa shape index (κ2) is 6.69. The second-order valence-electron chi connectivity index (χ2n) is 8.60. The molecule has 0 aromatic carbocycles. The van der Waals surface area contributed by atoms with E-state index in [1.54, 1.807) is 0 Å². The quantitative estimate of drug-likeness (QED) is 0.758. The molecule has 150 valence electrons. The van der Waals surface area contributed by atoms with Crippen molar-refractivity contribution in [3.63, 3.8) is 0 Å². The van der Waals surface area contributed by atoms with Crippen LogP contribution in [0.5, 0.6) is 0 Å². The van der Waals surface area contributed by atoms with Gasteiger partial charge in [-0.25, -0.2) is 9.97 Å². The van der Waals surface area contributed by atoms with Gasteiger partial charge in [-0.3, -0.25) is 9.59 Å². The van der Waals surface area contributed by atoms with E-state index < -0.39 is 0 Å². The van der Waals surface area contributed by atoms with Gasteiger partial charge in [0.1, 0.15) is 17.3 Å². The zero-order chi connectivity index (χ0) is 19.4. The molecule has 2 N–H and O–H groups in total. The van der Waals surface area contributed by atoms with Crippen molar-refractivity contribution in [3.05, 3.63) is 17.1 Å². The molecule has 1 aromatic heterocycles. The minimum atomic E-state index is -0.123. The number of carbonyl (C=O) groups excluding carboxylic acids is 2. The molecule has 4 aliphatic heterocycles. The van der Waals surface area contributed by atoms with Gasteiger partial charge in [-0.2, -0.15) is 0 Å². The van der Waals surface area contributed by atoms with Crippen LogP contribution in [0.15, 0.2) is 0 Å². The number of amides is 2. The Morgan fingerprint density at radius 1 is 1.18 bits per heavy atom. The number of aliphatic hydroxyl groups is 1. The molecule has 5 heterocycles. The Bertz CT molecular complexity index is 814. The van der Waals surface area contributed by atoms with Gasteiger partial charge in [-0.15, -0.1) is 0 Å². The molecule has 4 atom stereocenters. The number of nitrogens with zero attached hydrogens (tertiary/aromatic N) is 4. The van der Waals surface area contributed by atoms with Gasteiger partial charge in [0, 0.05) is 37.7 Å². The number of rotatable bonds is 2. The highest BCUT2D eigenvalue weighted by Crippen LogP contribution is 2.43. The number of fused-ring (bicyclic) bond motifs is 5. The molecule has 0 saturated carbocycles. The van der Waals surface area contributed by atoms with Crippen LogP contribution in [-0.2, 0) is 11.2 Å².